The van der Waals surface area contributed by atoms with E-state index >= 15 is 0 Å². The predicted molar refractivity (Wildman–Crippen MR) is 111 cm³/mol. The van der Waals surface area contributed by atoms with Crippen molar-refractivity contribution in [3.05, 3.63) is 40.4 Å². The topological polar surface area (TPSA) is 55.2 Å². The molecule has 0 aliphatic rings. The van der Waals surface area contributed by atoms with Gasteiger partial charge in [0.25, 0.3) is 5.56 Å². The van der Waals surface area contributed by atoms with E-state index in [2.05, 4.69) is 13.8 Å². The Morgan fingerprint density at radius 2 is 1.85 bits per heavy atom. The van der Waals surface area contributed by atoms with Gasteiger partial charge in [-0.1, -0.05) is 45.7 Å². The quantitative estimate of drug-likeness (QED) is 0.650. The molecule has 2 rings (SSSR count). The first-order valence-corrected chi connectivity index (χ1v) is 10.3. The van der Waals surface area contributed by atoms with Crippen LogP contribution in [0, 0.1) is 5.92 Å². The third-order valence-electron chi connectivity index (χ3n) is 5.46. The average Bonchev–Trinajstić information content (AvgIpc) is 2.69. The number of benzene rings is 1. The van der Waals surface area contributed by atoms with Gasteiger partial charge in [0.2, 0.25) is 5.91 Å². The number of carbonyl (C=O) groups is 1. The lowest BCUT2D eigenvalue weighted by Gasteiger charge is -2.31. The predicted octanol–water partition coefficient (Wildman–Crippen LogP) is 4.54. The number of unbranched alkanes of at least 4 members (excludes halogenated alkanes) is 1. The monoisotopic (exact) mass is 371 g/mol. The van der Waals surface area contributed by atoms with Crippen molar-refractivity contribution in [2.75, 3.05) is 7.05 Å². The van der Waals surface area contributed by atoms with E-state index in [0.29, 0.717) is 23.3 Å². The second-order valence-electron chi connectivity index (χ2n) is 7.16. The Labute approximate surface area is 162 Å². The molecular weight excluding hydrogens is 338 g/mol. The van der Waals surface area contributed by atoms with Gasteiger partial charge in [-0.15, -0.1) is 0 Å². The van der Waals surface area contributed by atoms with Crippen molar-refractivity contribution in [1.29, 1.82) is 0 Å². The molecule has 1 heterocycles. The normalized spacial score (nSPS) is 13.5. The maximum atomic E-state index is 13.1. The molecule has 1 aromatic carbocycles. The van der Waals surface area contributed by atoms with Gasteiger partial charge in [-0.3, -0.25) is 14.2 Å². The van der Waals surface area contributed by atoms with Crippen molar-refractivity contribution < 1.29 is 4.79 Å². The minimum Gasteiger partial charge on any atom is -0.335 e. The molecule has 1 aromatic heterocycles. The lowest BCUT2D eigenvalue weighted by atomic mass is 9.97. The molecule has 2 unspecified atom stereocenters. The Hall–Kier alpha value is -2.17. The van der Waals surface area contributed by atoms with Crippen LogP contribution < -0.4 is 5.56 Å². The number of fused-ring (bicyclic) bond motifs is 1. The standard InChI is InChI=1S/C22H33N3O2/c1-6-10-13-16(7-2)21(26)24(5)19(8-3)20-23-18-15-12-11-14-17(18)22(27)25(20)9-4/h11-12,14-16,19H,6-10,13H2,1-5H3. The third kappa shape index (κ3) is 4.40. The molecule has 2 aromatic rings. The zero-order valence-electron chi connectivity index (χ0n) is 17.4. The molecule has 5 nitrogen and oxygen atoms in total. The molecule has 2 atom stereocenters. The number of hydrogen-bond donors (Lipinski definition) is 0. The summed E-state index contributed by atoms with van der Waals surface area (Å²) < 4.78 is 1.72. The van der Waals surface area contributed by atoms with Crippen molar-refractivity contribution in [3.8, 4) is 0 Å². The van der Waals surface area contributed by atoms with Gasteiger partial charge in [0, 0.05) is 19.5 Å². The summed E-state index contributed by atoms with van der Waals surface area (Å²) in [5.74, 6) is 0.874. The first-order chi connectivity index (χ1) is 13.0. The molecule has 0 aliphatic carbocycles. The van der Waals surface area contributed by atoms with Gasteiger partial charge in [-0.25, -0.2) is 4.98 Å². The molecule has 0 N–H and O–H groups in total. The minimum atomic E-state index is -0.203. The zero-order valence-corrected chi connectivity index (χ0v) is 17.4. The number of carbonyl (C=O) groups excluding carboxylic acids is 1. The van der Waals surface area contributed by atoms with Crippen molar-refractivity contribution in [3.63, 3.8) is 0 Å². The van der Waals surface area contributed by atoms with Crippen LogP contribution in [0.4, 0.5) is 0 Å². The molecule has 0 aliphatic heterocycles. The fourth-order valence-electron chi connectivity index (χ4n) is 3.77. The summed E-state index contributed by atoms with van der Waals surface area (Å²) in [5.41, 5.74) is 0.662. The first-order valence-electron chi connectivity index (χ1n) is 10.3. The smallest absolute Gasteiger partial charge is 0.261 e. The summed E-state index contributed by atoms with van der Waals surface area (Å²) in [4.78, 5) is 32.7. The van der Waals surface area contributed by atoms with Crippen molar-refractivity contribution in [1.82, 2.24) is 14.5 Å². The SMILES string of the molecule is CCCCC(CC)C(=O)N(C)C(CC)c1nc2ccccc2c(=O)n1CC. The lowest BCUT2D eigenvalue weighted by molar-refractivity contribution is -0.137. The number of aromatic nitrogens is 2. The van der Waals surface area contributed by atoms with Gasteiger partial charge in [0.05, 0.1) is 16.9 Å². The van der Waals surface area contributed by atoms with Gasteiger partial charge in [-0.05, 0) is 38.3 Å². The first kappa shape index (κ1) is 21.1. The molecule has 0 spiro atoms. The third-order valence-corrected chi connectivity index (χ3v) is 5.46. The van der Waals surface area contributed by atoms with Crippen molar-refractivity contribution in [2.24, 2.45) is 5.92 Å². The summed E-state index contributed by atoms with van der Waals surface area (Å²) in [6.45, 7) is 8.75. The van der Waals surface area contributed by atoms with Crippen LogP contribution in [-0.4, -0.2) is 27.4 Å². The molecule has 0 saturated carbocycles. The maximum absolute atomic E-state index is 13.1. The fourth-order valence-corrected chi connectivity index (χ4v) is 3.77. The van der Waals surface area contributed by atoms with Gasteiger partial charge in [0.1, 0.15) is 5.82 Å². The lowest BCUT2D eigenvalue weighted by Crippen LogP contribution is -2.39. The molecule has 0 saturated heterocycles. The number of hydrogen-bond acceptors (Lipinski definition) is 3. The van der Waals surface area contributed by atoms with Crippen molar-refractivity contribution in [2.45, 2.75) is 72.4 Å². The van der Waals surface area contributed by atoms with Gasteiger partial charge in [0.15, 0.2) is 0 Å². The highest BCUT2D eigenvalue weighted by molar-refractivity contribution is 5.79. The van der Waals surface area contributed by atoms with Crippen LogP contribution in [0.1, 0.15) is 71.7 Å². The fraction of sp³-hybridized carbons (Fsp3) is 0.591. The van der Waals surface area contributed by atoms with Crippen LogP contribution >= 0.6 is 0 Å². The van der Waals surface area contributed by atoms with E-state index < -0.39 is 0 Å². The van der Waals surface area contributed by atoms with E-state index in [1.807, 2.05) is 50.1 Å². The van der Waals surface area contributed by atoms with Crippen LogP contribution in [0.15, 0.2) is 29.1 Å². The largest absolute Gasteiger partial charge is 0.335 e. The summed E-state index contributed by atoms with van der Waals surface area (Å²) in [7, 11) is 1.85. The number of para-hydroxylation sites is 1. The van der Waals surface area contributed by atoms with E-state index in [4.69, 9.17) is 4.98 Å². The molecule has 0 bridgehead atoms. The highest BCUT2D eigenvalue weighted by atomic mass is 16.2. The molecule has 1 amide bonds. The van der Waals surface area contributed by atoms with Crippen LogP contribution in [0.25, 0.3) is 10.9 Å². The molecule has 5 heteroatoms. The van der Waals surface area contributed by atoms with Crippen LogP contribution in [-0.2, 0) is 11.3 Å². The van der Waals surface area contributed by atoms with E-state index in [1.165, 1.54) is 0 Å². The molecule has 148 valence electrons. The Morgan fingerprint density at radius 1 is 1.15 bits per heavy atom. The number of nitrogens with zero attached hydrogens (tertiary/aromatic N) is 3. The Kier molecular flexibility index (Phi) is 7.57. The molecule has 0 radical (unpaired) electrons. The van der Waals surface area contributed by atoms with Crippen molar-refractivity contribution >= 4 is 16.8 Å². The van der Waals surface area contributed by atoms with E-state index in [1.54, 1.807) is 4.57 Å². The van der Waals surface area contributed by atoms with Crippen LogP contribution in [0.2, 0.25) is 0 Å². The molecular formula is C22H33N3O2. The summed E-state index contributed by atoms with van der Waals surface area (Å²) in [6, 6.07) is 7.23. The van der Waals surface area contributed by atoms with Crippen LogP contribution in [0.5, 0.6) is 0 Å². The second-order valence-corrected chi connectivity index (χ2v) is 7.16. The summed E-state index contributed by atoms with van der Waals surface area (Å²) >= 11 is 0. The molecule has 27 heavy (non-hydrogen) atoms. The second kappa shape index (κ2) is 9.67. The highest BCUT2D eigenvalue weighted by Crippen LogP contribution is 2.26. The zero-order chi connectivity index (χ0) is 20.0. The van der Waals surface area contributed by atoms with E-state index in [9.17, 15) is 9.59 Å². The van der Waals surface area contributed by atoms with Gasteiger partial charge >= 0.3 is 0 Å². The highest BCUT2D eigenvalue weighted by Gasteiger charge is 2.28. The summed E-state index contributed by atoms with van der Waals surface area (Å²) in [5, 5.41) is 0.626. The Morgan fingerprint density at radius 3 is 2.44 bits per heavy atom. The Balaban J connectivity index is 2.47. The van der Waals surface area contributed by atoms with E-state index in [-0.39, 0.29) is 23.4 Å². The van der Waals surface area contributed by atoms with Gasteiger partial charge in [-0.2, -0.15) is 0 Å². The number of rotatable bonds is 9. The number of amides is 1. The summed E-state index contributed by atoms with van der Waals surface area (Å²) in [6.07, 6.45) is 4.62. The van der Waals surface area contributed by atoms with Crippen LogP contribution in [0.3, 0.4) is 0 Å². The van der Waals surface area contributed by atoms with E-state index in [0.717, 1.165) is 32.1 Å². The Bertz CT molecular complexity index is 828. The minimum absolute atomic E-state index is 0.0320. The van der Waals surface area contributed by atoms with Gasteiger partial charge < -0.3 is 4.90 Å². The molecule has 0 fully saturated rings. The average molecular weight is 372 g/mol. The maximum Gasteiger partial charge on any atom is 0.261 e.